The van der Waals surface area contributed by atoms with E-state index in [0.717, 1.165) is 17.1 Å². The predicted octanol–water partition coefficient (Wildman–Crippen LogP) is 3.37. The summed E-state index contributed by atoms with van der Waals surface area (Å²) in [6.07, 6.45) is 0. The van der Waals surface area contributed by atoms with Crippen LogP contribution in [0, 0.1) is 10.1 Å². The molecule has 7 nitrogen and oxygen atoms in total. The van der Waals surface area contributed by atoms with Gasteiger partial charge in [0, 0.05) is 23.4 Å². The number of hydrogen-bond acceptors (Lipinski definition) is 6. The number of nitrogens with zero attached hydrogens (tertiary/aromatic N) is 3. The average molecular weight is 326 g/mol. The highest BCUT2D eigenvalue weighted by Gasteiger charge is 2.18. The van der Waals surface area contributed by atoms with E-state index in [1.165, 1.54) is 18.2 Å². The van der Waals surface area contributed by atoms with Crippen LogP contribution in [0.4, 0.5) is 11.4 Å². The molecule has 1 aromatic heterocycles. The maximum absolute atomic E-state index is 12.4. The Labute approximate surface area is 134 Å². The van der Waals surface area contributed by atoms with Gasteiger partial charge in [0.05, 0.1) is 4.92 Å². The van der Waals surface area contributed by atoms with E-state index in [-0.39, 0.29) is 5.69 Å². The Morgan fingerprint density at radius 2 is 1.91 bits per heavy atom. The van der Waals surface area contributed by atoms with Gasteiger partial charge in [-0.15, -0.1) is 5.10 Å². The number of non-ortho nitro benzene ring substituents is 1. The number of nitrogens with one attached hydrogen (secondary N) is 1. The second-order valence-electron chi connectivity index (χ2n) is 4.58. The molecule has 0 spiro atoms. The fraction of sp³-hybridized carbons (Fsp3) is 0. The van der Waals surface area contributed by atoms with Crippen molar-refractivity contribution in [3.05, 3.63) is 69.6 Å². The van der Waals surface area contributed by atoms with Gasteiger partial charge in [0.25, 0.3) is 11.6 Å². The van der Waals surface area contributed by atoms with Gasteiger partial charge < -0.3 is 5.32 Å². The highest BCUT2D eigenvalue weighted by molar-refractivity contribution is 7.08. The Hall–Kier alpha value is -3.13. The van der Waals surface area contributed by atoms with Crippen LogP contribution < -0.4 is 5.32 Å². The fourth-order valence-electron chi connectivity index (χ4n) is 2.01. The second-order valence-corrected chi connectivity index (χ2v) is 5.33. The Kier molecular flexibility index (Phi) is 4.07. The summed E-state index contributed by atoms with van der Waals surface area (Å²) >= 11 is 0.975. The van der Waals surface area contributed by atoms with Crippen LogP contribution in [0.3, 0.4) is 0 Å². The molecular formula is C15H10N4O3S. The summed E-state index contributed by atoms with van der Waals surface area (Å²) in [5.74, 6) is -0.403. The number of carbonyl (C=O) groups is 1. The van der Waals surface area contributed by atoms with E-state index < -0.39 is 10.8 Å². The first-order chi connectivity index (χ1) is 11.1. The van der Waals surface area contributed by atoms with E-state index in [0.29, 0.717) is 16.3 Å². The van der Waals surface area contributed by atoms with Crippen molar-refractivity contribution in [2.24, 2.45) is 0 Å². The number of hydrogen-bond donors (Lipinski definition) is 1. The molecule has 0 atom stereocenters. The SMILES string of the molecule is O=C(Nc1cccc([N+](=O)[O-])c1)c1snnc1-c1ccccc1. The third kappa shape index (κ3) is 3.22. The summed E-state index contributed by atoms with van der Waals surface area (Å²) in [4.78, 5) is 23.0. The number of amides is 1. The molecule has 8 heteroatoms. The van der Waals surface area contributed by atoms with E-state index >= 15 is 0 Å². The molecule has 0 radical (unpaired) electrons. The molecule has 0 fully saturated rings. The number of benzene rings is 2. The number of nitro benzene ring substituents is 1. The van der Waals surface area contributed by atoms with Gasteiger partial charge in [0.15, 0.2) is 0 Å². The maximum atomic E-state index is 12.4. The first-order valence-corrected chi connectivity index (χ1v) is 7.36. The van der Waals surface area contributed by atoms with Crippen molar-refractivity contribution in [2.45, 2.75) is 0 Å². The number of aromatic nitrogens is 2. The van der Waals surface area contributed by atoms with Crippen LogP contribution in [0.1, 0.15) is 9.67 Å². The van der Waals surface area contributed by atoms with E-state index in [9.17, 15) is 14.9 Å². The molecule has 1 N–H and O–H groups in total. The molecule has 3 aromatic rings. The summed E-state index contributed by atoms with van der Waals surface area (Å²) < 4.78 is 3.83. The fourth-order valence-corrected chi connectivity index (χ4v) is 2.59. The quantitative estimate of drug-likeness (QED) is 0.585. The minimum absolute atomic E-state index is 0.0893. The van der Waals surface area contributed by atoms with Gasteiger partial charge in [0.2, 0.25) is 0 Å². The van der Waals surface area contributed by atoms with Crippen molar-refractivity contribution in [1.82, 2.24) is 9.59 Å². The Morgan fingerprint density at radius 1 is 1.13 bits per heavy atom. The van der Waals surface area contributed by atoms with Gasteiger partial charge >= 0.3 is 0 Å². The lowest BCUT2D eigenvalue weighted by Crippen LogP contribution is -2.11. The van der Waals surface area contributed by atoms with Crippen LogP contribution in [-0.2, 0) is 0 Å². The van der Waals surface area contributed by atoms with Crippen molar-refractivity contribution in [3.8, 4) is 11.3 Å². The highest BCUT2D eigenvalue weighted by atomic mass is 32.1. The van der Waals surface area contributed by atoms with Crippen LogP contribution in [-0.4, -0.2) is 20.4 Å². The lowest BCUT2D eigenvalue weighted by atomic mass is 10.1. The van der Waals surface area contributed by atoms with Gasteiger partial charge in [-0.25, -0.2) is 0 Å². The number of rotatable bonds is 4. The molecule has 114 valence electrons. The molecule has 0 aliphatic carbocycles. The zero-order valence-electron chi connectivity index (χ0n) is 11.7. The summed E-state index contributed by atoms with van der Waals surface area (Å²) in [5.41, 5.74) is 1.52. The minimum Gasteiger partial charge on any atom is -0.321 e. The zero-order valence-corrected chi connectivity index (χ0v) is 12.5. The summed E-state index contributed by atoms with van der Waals surface area (Å²) in [7, 11) is 0. The predicted molar refractivity (Wildman–Crippen MR) is 86.4 cm³/mol. The van der Waals surface area contributed by atoms with Gasteiger partial charge in [0.1, 0.15) is 10.6 Å². The molecular weight excluding hydrogens is 316 g/mol. The molecule has 0 bridgehead atoms. The molecule has 0 saturated heterocycles. The lowest BCUT2D eigenvalue weighted by Gasteiger charge is -2.04. The van der Waals surface area contributed by atoms with Gasteiger partial charge in [-0.05, 0) is 17.6 Å². The van der Waals surface area contributed by atoms with E-state index in [1.54, 1.807) is 6.07 Å². The van der Waals surface area contributed by atoms with E-state index in [2.05, 4.69) is 14.9 Å². The third-order valence-electron chi connectivity index (χ3n) is 3.06. The number of carbonyl (C=O) groups excluding carboxylic acids is 1. The highest BCUT2D eigenvalue weighted by Crippen LogP contribution is 2.25. The minimum atomic E-state index is -0.515. The number of anilines is 1. The monoisotopic (exact) mass is 326 g/mol. The molecule has 3 rings (SSSR count). The second kappa shape index (κ2) is 6.32. The molecule has 0 unspecified atom stereocenters. The van der Waals surface area contributed by atoms with Crippen molar-refractivity contribution >= 4 is 28.8 Å². The topological polar surface area (TPSA) is 98.0 Å². The lowest BCUT2D eigenvalue weighted by molar-refractivity contribution is -0.384. The van der Waals surface area contributed by atoms with Crippen LogP contribution in [0.25, 0.3) is 11.3 Å². The molecule has 0 saturated carbocycles. The summed E-state index contributed by atoms with van der Waals surface area (Å²) in [6, 6.07) is 15.0. The Balaban J connectivity index is 1.87. The molecule has 2 aromatic carbocycles. The zero-order chi connectivity index (χ0) is 16.2. The van der Waals surface area contributed by atoms with Crippen molar-refractivity contribution in [3.63, 3.8) is 0 Å². The summed E-state index contributed by atoms with van der Waals surface area (Å²) in [6.45, 7) is 0. The van der Waals surface area contributed by atoms with Gasteiger partial charge in [-0.3, -0.25) is 14.9 Å². The Bertz CT molecular complexity index is 864. The Morgan fingerprint density at radius 3 is 2.65 bits per heavy atom. The first-order valence-electron chi connectivity index (χ1n) is 6.59. The molecule has 1 amide bonds. The molecule has 23 heavy (non-hydrogen) atoms. The molecule has 0 aliphatic heterocycles. The van der Waals surface area contributed by atoms with Crippen molar-refractivity contribution < 1.29 is 9.72 Å². The third-order valence-corrected chi connectivity index (χ3v) is 3.78. The van der Waals surface area contributed by atoms with E-state index in [1.807, 2.05) is 30.3 Å². The summed E-state index contributed by atoms with van der Waals surface area (Å²) in [5, 5.41) is 17.4. The molecule has 0 aliphatic rings. The largest absolute Gasteiger partial charge is 0.321 e. The van der Waals surface area contributed by atoms with Crippen molar-refractivity contribution in [2.75, 3.05) is 5.32 Å². The van der Waals surface area contributed by atoms with Crippen LogP contribution in [0.5, 0.6) is 0 Å². The smallest absolute Gasteiger partial charge is 0.271 e. The van der Waals surface area contributed by atoms with Gasteiger partial charge in [-0.2, -0.15) is 0 Å². The average Bonchev–Trinajstić information content (AvgIpc) is 3.05. The maximum Gasteiger partial charge on any atom is 0.271 e. The van der Waals surface area contributed by atoms with Gasteiger partial charge in [-0.1, -0.05) is 40.9 Å². The van der Waals surface area contributed by atoms with Crippen LogP contribution >= 0.6 is 11.5 Å². The van der Waals surface area contributed by atoms with E-state index in [4.69, 9.17) is 0 Å². The van der Waals surface area contributed by atoms with Crippen LogP contribution in [0.2, 0.25) is 0 Å². The standard InChI is InChI=1S/C15H10N4O3S/c20-15(16-11-7-4-8-12(9-11)19(21)22)14-13(17-18-23-14)10-5-2-1-3-6-10/h1-9H,(H,16,20). The number of nitro groups is 1. The van der Waals surface area contributed by atoms with Crippen molar-refractivity contribution in [1.29, 1.82) is 0 Å². The normalized spacial score (nSPS) is 10.3. The first kappa shape index (κ1) is 14.8. The molecule has 1 heterocycles. The van der Waals surface area contributed by atoms with Crippen LogP contribution in [0.15, 0.2) is 54.6 Å².